The van der Waals surface area contributed by atoms with Crippen molar-refractivity contribution in [2.24, 2.45) is 0 Å². The summed E-state index contributed by atoms with van der Waals surface area (Å²) < 4.78 is 0. The Morgan fingerprint density at radius 3 is 1.13 bits per heavy atom. The van der Waals surface area contributed by atoms with Crippen molar-refractivity contribution in [3.05, 3.63) is 69.3 Å². The van der Waals surface area contributed by atoms with Crippen molar-refractivity contribution in [2.45, 2.75) is 137 Å². The predicted octanol–water partition coefficient (Wildman–Crippen LogP) is 9.57. The molecular formula is C43H50MgN8. The molecule has 4 aromatic rings. The summed E-state index contributed by atoms with van der Waals surface area (Å²) >= 11 is 0. The van der Waals surface area contributed by atoms with Crippen LogP contribution in [0.2, 0.25) is 0 Å². The fourth-order valence-corrected chi connectivity index (χ4v) is 8.74. The Labute approximate surface area is 324 Å². The first kappa shape index (κ1) is 36.7. The van der Waals surface area contributed by atoms with Gasteiger partial charge >= 0.3 is 23.1 Å². The number of hydrogen-bond acceptors (Lipinski definition) is 6. The van der Waals surface area contributed by atoms with E-state index in [1.54, 1.807) is 0 Å². The van der Waals surface area contributed by atoms with E-state index < -0.39 is 0 Å². The van der Waals surface area contributed by atoms with Crippen LogP contribution in [0.15, 0.2) is 24.3 Å². The van der Waals surface area contributed by atoms with Gasteiger partial charge in [0.15, 0.2) is 0 Å². The van der Waals surface area contributed by atoms with Crippen LogP contribution in [-0.2, 0) is 25.7 Å². The predicted molar refractivity (Wildman–Crippen MR) is 212 cm³/mol. The van der Waals surface area contributed by atoms with Gasteiger partial charge < -0.3 is 29.9 Å². The number of rotatable bonds is 12. The molecule has 2 aliphatic heterocycles. The van der Waals surface area contributed by atoms with Crippen molar-refractivity contribution in [3.63, 3.8) is 0 Å². The Morgan fingerprint density at radius 1 is 0.462 bits per heavy atom. The smallest absolute Gasteiger partial charge is 0.358 e. The Morgan fingerprint density at radius 2 is 0.788 bits per heavy atom. The maximum absolute atomic E-state index is 5.34. The summed E-state index contributed by atoms with van der Waals surface area (Å²) in [6.07, 6.45) is 17.2. The molecule has 8 rings (SSSR count). The molecule has 5 heterocycles. The average molecular weight is 703 g/mol. The number of benzene rings is 1. The number of nitrogens with zero attached hydrogens (tertiary/aromatic N) is 8. The topological polar surface area (TPSA) is 106 Å². The summed E-state index contributed by atoms with van der Waals surface area (Å²) in [7, 11) is 0. The summed E-state index contributed by atoms with van der Waals surface area (Å²) in [6, 6.07) is 4.68. The van der Waals surface area contributed by atoms with Gasteiger partial charge in [-0.2, -0.15) is 0 Å². The first-order chi connectivity index (χ1) is 25.0. The molecule has 0 unspecified atom stereocenters. The molecule has 0 spiro atoms. The Kier molecular flexibility index (Phi) is 10.8. The maximum Gasteiger partial charge on any atom is 2.00 e. The van der Waals surface area contributed by atoms with Crippen LogP contribution in [0, 0.1) is 0 Å². The van der Waals surface area contributed by atoms with Gasteiger partial charge in [0.25, 0.3) is 0 Å². The zero-order chi connectivity index (χ0) is 35.2. The second-order valence-electron chi connectivity index (χ2n) is 14.7. The summed E-state index contributed by atoms with van der Waals surface area (Å²) in [5, 5.41) is 0. The molecule has 8 nitrogen and oxygen atoms in total. The van der Waals surface area contributed by atoms with Crippen LogP contribution >= 0.6 is 0 Å². The second kappa shape index (κ2) is 15.3. The Bertz CT molecular complexity index is 2090. The van der Waals surface area contributed by atoms with Crippen LogP contribution in [0.25, 0.3) is 56.5 Å². The molecule has 1 aromatic carbocycles. The fraction of sp³-hybridized carbons (Fsp3) is 0.488. The van der Waals surface area contributed by atoms with Crippen molar-refractivity contribution in [1.82, 2.24) is 39.9 Å². The van der Waals surface area contributed by atoms with Gasteiger partial charge in [-0.1, -0.05) is 92.2 Å². The number of fused-ring (bicyclic) bond motifs is 16. The third kappa shape index (κ3) is 6.25. The normalized spacial score (nSPS) is 16.8. The number of aryl methyl sites for hydroxylation is 4. The molecular weight excluding hydrogens is 653 g/mol. The first-order valence-electron chi connectivity index (χ1n) is 19.7. The monoisotopic (exact) mass is 702 g/mol. The molecule has 9 heteroatoms. The van der Waals surface area contributed by atoms with E-state index in [4.69, 9.17) is 39.9 Å². The Balaban J connectivity index is 0.00000420. The van der Waals surface area contributed by atoms with E-state index >= 15 is 0 Å². The SMILES string of the molecule is CCCC1=C(CCC)c2nc1nc1[n-]c(nc3nc(nc4[n-]c(n2)c(CCC)c4CCC)-c2cc4c(cc2-3)[C@@H]2C=C[C@H]4C2)c(CCC)c1CCC.[Mg+2]. The molecule has 0 saturated heterocycles. The van der Waals surface area contributed by atoms with Crippen LogP contribution in [0.5, 0.6) is 0 Å². The second-order valence-corrected chi connectivity index (χ2v) is 14.7. The zero-order valence-corrected chi connectivity index (χ0v) is 33.4. The molecule has 2 atom stereocenters. The van der Waals surface area contributed by atoms with E-state index in [1.807, 2.05) is 0 Å². The molecule has 3 aromatic heterocycles. The summed E-state index contributed by atoms with van der Waals surface area (Å²) in [5.41, 5.74) is 14.9. The molecule has 2 aliphatic carbocycles. The molecule has 0 radical (unpaired) electrons. The summed E-state index contributed by atoms with van der Waals surface area (Å²) in [4.78, 5) is 42.2. The quantitative estimate of drug-likeness (QED) is 0.0935. The van der Waals surface area contributed by atoms with E-state index in [2.05, 4.69) is 65.8 Å². The summed E-state index contributed by atoms with van der Waals surface area (Å²) in [6.45, 7) is 13.4. The zero-order valence-electron chi connectivity index (χ0n) is 31.9. The Hall–Kier alpha value is -3.69. The molecule has 4 aliphatic rings. The van der Waals surface area contributed by atoms with E-state index in [0.717, 1.165) is 129 Å². The van der Waals surface area contributed by atoms with Gasteiger partial charge in [-0.25, -0.2) is 9.97 Å². The number of hydrogen-bond donors (Lipinski definition) is 0. The minimum Gasteiger partial charge on any atom is -0.358 e. The van der Waals surface area contributed by atoms with Gasteiger partial charge in [-0.15, -0.1) is 0 Å². The van der Waals surface area contributed by atoms with Crippen LogP contribution in [0.4, 0.5) is 0 Å². The largest absolute Gasteiger partial charge is 2.00 e. The van der Waals surface area contributed by atoms with E-state index in [9.17, 15) is 0 Å². The minimum absolute atomic E-state index is 0. The number of allylic oxidation sites excluding steroid dienone is 4. The van der Waals surface area contributed by atoms with Gasteiger partial charge in [-0.05, 0) is 102 Å². The van der Waals surface area contributed by atoms with Crippen LogP contribution < -0.4 is 9.97 Å². The maximum atomic E-state index is 5.34. The number of aromatic nitrogens is 8. The average Bonchev–Trinajstić information content (AvgIpc) is 3.97. The van der Waals surface area contributed by atoms with E-state index in [0.29, 0.717) is 23.5 Å². The van der Waals surface area contributed by atoms with E-state index in [1.165, 1.54) is 44.5 Å². The van der Waals surface area contributed by atoms with Gasteiger partial charge in [0.1, 0.15) is 0 Å². The third-order valence-corrected chi connectivity index (χ3v) is 11.0. The van der Waals surface area contributed by atoms with Crippen LogP contribution in [0.3, 0.4) is 0 Å². The van der Waals surface area contributed by atoms with Crippen LogP contribution in [0.1, 0.15) is 156 Å². The van der Waals surface area contributed by atoms with Crippen molar-refractivity contribution >= 4 is 56.8 Å². The van der Waals surface area contributed by atoms with Gasteiger partial charge in [0, 0.05) is 45.6 Å². The van der Waals surface area contributed by atoms with Crippen molar-refractivity contribution in [2.75, 3.05) is 0 Å². The van der Waals surface area contributed by atoms with E-state index in [-0.39, 0.29) is 23.1 Å². The van der Waals surface area contributed by atoms with Crippen LogP contribution in [-0.4, -0.2) is 53.0 Å². The molecule has 0 fully saturated rings. The molecule has 0 N–H and O–H groups in total. The van der Waals surface area contributed by atoms with Crippen molar-refractivity contribution < 1.29 is 0 Å². The first-order valence-corrected chi connectivity index (χ1v) is 19.7. The minimum atomic E-state index is 0. The molecule has 52 heavy (non-hydrogen) atoms. The van der Waals surface area contributed by atoms with Gasteiger partial charge in [-0.3, -0.25) is 0 Å². The van der Waals surface area contributed by atoms with Crippen molar-refractivity contribution in [3.8, 4) is 22.8 Å². The molecule has 0 saturated carbocycles. The van der Waals surface area contributed by atoms with Crippen molar-refractivity contribution in [1.29, 1.82) is 0 Å². The van der Waals surface area contributed by atoms with Gasteiger partial charge in [0.2, 0.25) is 0 Å². The molecule has 10 bridgehead atoms. The third-order valence-electron chi connectivity index (χ3n) is 11.0. The summed E-state index contributed by atoms with van der Waals surface area (Å²) in [5.74, 6) is 3.77. The molecule has 0 amide bonds. The van der Waals surface area contributed by atoms with Gasteiger partial charge in [0.05, 0.1) is 23.3 Å². The fourth-order valence-electron chi connectivity index (χ4n) is 8.74. The standard InChI is InChI=1S/C43H50N8.Mg/c1-7-13-26-27(14-8-2)37-44-36(26)45-38-28(15-9-3)30(17-11-5)40(47-38)49-42-34-22-32-24-19-20-25(21-24)33(32)23-35(34)43(51-42)50-41-31(18-12-6)29(16-10-4)39(46-37)48-41;/h19-20,22-25H,7-18,21H2,1-6H3;/q-2;+2/t24-,25+;. The molecule has 264 valence electrons.